The van der Waals surface area contributed by atoms with Gasteiger partial charge in [0.15, 0.2) is 0 Å². The molecular weight excluding hydrogens is 242 g/mol. The quantitative estimate of drug-likeness (QED) is 0.638. The average Bonchev–Trinajstić information content (AvgIpc) is 2.74. The maximum absolute atomic E-state index is 11.0. The molecule has 2 atom stereocenters. The topological polar surface area (TPSA) is 67.2 Å². The molecule has 17 heavy (non-hydrogen) atoms. The molecule has 0 radical (unpaired) electrons. The van der Waals surface area contributed by atoms with Crippen LogP contribution in [-0.2, 0) is 0 Å². The van der Waals surface area contributed by atoms with Crippen molar-refractivity contribution in [1.82, 2.24) is 5.32 Å². The maximum atomic E-state index is 11.0. The summed E-state index contributed by atoms with van der Waals surface area (Å²) in [5, 5.41) is 17.7. The number of nitro benzene ring substituents is 1. The number of para-hydroxylation sites is 1. The Bertz CT molecular complexity index is 470. The minimum Gasteiger partial charge on any atom is -0.376 e. The van der Waals surface area contributed by atoms with Gasteiger partial charge in [0.05, 0.1) is 4.92 Å². The fourth-order valence-electron chi connectivity index (χ4n) is 2.63. The molecule has 1 aliphatic heterocycles. The number of benzene rings is 1. The van der Waals surface area contributed by atoms with Crippen molar-refractivity contribution in [2.45, 2.75) is 6.04 Å². The first-order chi connectivity index (χ1) is 8.18. The van der Waals surface area contributed by atoms with Crippen LogP contribution >= 0.6 is 11.6 Å². The van der Waals surface area contributed by atoms with Crippen LogP contribution in [0.2, 0.25) is 5.02 Å². The van der Waals surface area contributed by atoms with Gasteiger partial charge in [-0.25, -0.2) is 0 Å². The molecule has 0 aromatic heterocycles. The van der Waals surface area contributed by atoms with E-state index in [0.29, 0.717) is 23.6 Å². The molecule has 0 spiro atoms. The summed E-state index contributed by atoms with van der Waals surface area (Å²) in [6, 6.07) is 5.34. The summed E-state index contributed by atoms with van der Waals surface area (Å²) in [5.41, 5.74) is 0.508. The Hall–Kier alpha value is -1.33. The fraction of sp³-hybridized carbons (Fsp3) is 0.455. The van der Waals surface area contributed by atoms with Gasteiger partial charge in [-0.2, -0.15) is 0 Å². The first-order valence-electron chi connectivity index (χ1n) is 5.58. The van der Waals surface area contributed by atoms with Crippen LogP contribution < -0.4 is 10.6 Å². The van der Waals surface area contributed by atoms with Gasteiger partial charge in [0.25, 0.3) is 0 Å². The molecule has 6 heteroatoms. The number of rotatable bonds is 3. The van der Waals surface area contributed by atoms with Crippen LogP contribution in [0.4, 0.5) is 11.4 Å². The first-order valence-corrected chi connectivity index (χ1v) is 5.96. The molecular formula is C11H12ClN3O2. The summed E-state index contributed by atoms with van der Waals surface area (Å²) in [6.45, 7) is 1.99. The Morgan fingerprint density at radius 2 is 2.12 bits per heavy atom. The normalized spacial score (nSPS) is 29.8. The van der Waals surface area contributed by atoms with Crippen molar-refractivity contribution in [3.05, 3.63) is 33.3 Å². The summed E-state index contributed by atoms with van der Waals surface area (Å²) in [4.78, 5) is 10.5. The Kier molecular flexibility index (Phi) is 2.45. The lowest BCUT2D eigenvalue weighted by molar-refractivity contribution is -0.383. The molecule has 2 unspecified atom stereocenters. The fourth-order valence-corrected chi connectivity index (χ4v) is 2.87. The van der Waals surface area contributed by atoms with Crippen LogP contribution in [0.25, 0.3) is 0 Å². The van der Waals surface area contributed by atoms with Crippen molar-refractivity contribution in [2.24, 2.45) is 11.8 Å². The lowest BCUT2D eigenvalue weighted by Gasteiger charge is -2.09. The smallest absolute Gasteiger partial charge is 0.310 e. The van der Waals surface area contributed by atoms with E-state index in [2.05, 4.69) is 10.6 Å². The molecule has 1 aliphatic carbocycles. The van der Waals surface area contributed by atoms with E-state index in [1.54, 1.807) is 18.2 Å². The van der Waals surface area contributed by atoms with Gasteiger partial charge in [0, 0.05) is 19.1 Å². The van der Waals surface area contributed by atoms with Crippen molar-refractivity contribution in [1.29, 1.82) is 0 Å². The predicted octanol–water partition coefficient (Wildman–Crippen LogP) is 1.88. The number of nitrogens with zero attached hydrogens (tertiary/aromatic N) is 1. The van der Waals surface area contributed by atoms with Gasteiger partial charge in [0.1, 0.15) is 10.7 Å². The third-order valence-corrected chi connectivity index (χ3v) is 3.89. The lowest BCUT2D eigenvalue weighted by Crippen LogP contribution is -2.21. The van der Waals surface area contributed by atoms with Gasteiger partial charge in [-0.15, -0.1) is 0 Å². The molecule has 90 valence electrons. The molecule has 2 aliphatic rings. The summed E-state index contributed by atoms with van der Waals surface area (Å²) >= 11 is 5.85. The monoisotopic (exact) mass is 253 g/mol. The van der Waals surface area contributed by atoms with Gasteiger partial charge >= 0.3 is 5.69 Å². The zero-order chi connectivity index (χ0) is 12.0. The first kappa shape index (κ1) is 10.8. The summed E-state index contributed by atoms with van der Waals surface area (Å²) < 4.78 is 0. The molecule has 2 N–H and O–H groups in total. The van der Waals surface area contributed by atoms with Crippen molar-refractivity contribution in [2.75, 3.05) is 18.4 Å². The molecule has 1 heterocycles. The van der Waals surface area contributed by atoms with E-state index in [1.165, 1.54) is 0 Å². The predicted molar refractivity (Wildman–Crippen MR) is 65.4 cm³/mol. The third-order valence-electron chi connectivity index (χ3n) is 3.58. The zero-order valence-electron chi connectivity index (χ0n) is 9.02. The largest absolute Gasteiger partial charge is 0.376 e. The number of anilines is 1. The van der Waals surface area contributed by atoms with Gasteiger partial charge in [-0.05, 0) is 24.0 Å². The highest BCUT2D eigenvalue weighted by Crippen LogP contribution is 2.45. The van der Waals surface area contributed by atoms with Crippen LogP contribution in [0, 0.1) is 22.0 Å². The standard InChI is InChI=1S/C11H12ClN3O2/c12-8-2-1-3-9(11(8)15(16)17)14-10-6-4-13-5-7(6)10/h1-3,6-7,10,13-14H,4-5H2. The SMILES string of the molecule is O=[N+]([O-])c1c(Cl)cccc1NC1C2CNCC21. The molecule has 1 saturated heterocycles. The van der Waals surface area contributed by atoms with Crippen LogP contribution in [-0.4, -0.2) is 24.1 Å². The van der Waals surface area contributed by atoms with Crippen LogP contribution in [0.3, 0.4) is 0 Å². The third kappa shape index (κ3) is 1.75. The van der Waals surface area contributed by atoms with Gasteiger partial charge in [-0.3, -0.25) is 10.1 Å². The second kappa shape index (κ2) is 3.85. The second-order valence-corrected chi connectivity index (χ2v) is 4.96. The number of nitro groups is 1. The molecule has 0 amide bonds. The van der Waals surface area contributed by atoms with E-state index >= 15 is 0 Å². The summed E-state index contributed by atoms with van der Waals surface area (Å²) in [6.07, 6.45) is 0. The number of halogens is 1. The summed E-state index contributed by atoms with van der Waals surface area (Å²) in [5.74, 6) is 1.21. The van der Waals surface area contributed by atoms with Gasteiger partial charge in [-0.1, -0.05) is 17.7 Å². The molecule has 2 fully saturated rings. The molecule has 5 nitrogen and oxygen atoms in total. The highest BCUT2D eigenvalue weighted by molar-refractivity contribution is 6.33. The number of nitrogens with one attached hydrogen (secondary N) is 2. The van der Waals surface area contributed by atoms with E-state index in [-0.39, 0.29) is 10.7 Å². The highest BCUT2D eigenvalue weighted by atomic mass is 35.5. The van der Waals surface area contributed by atoms with Crippen LogP contribution in [0.15, 0.2) is 18.2 Å². The maximum Gasteiger partial charge on any atom is 0.310 e. The van der Waals surface area contributed by atoms with E-state index in [4.69, 9.17) is 11.6 Å². The Morgan fingerprint density at radius 1 is 1.41 bits per heavy atom. The van der Waals surface area contributed by atoms with Gasteiger partial charge in [0.2, 0.25) is 0 Å². The molecule has 1 saturated carbocycles. The molecule has 3 rings (SSSR count). The number of fused-ring (bicyclic) bond motifs is 1. The minimum absolute atomic E-state index is 0.0212. The van der Waals surface area contributed by atoms with Crippen molar-refractivity contribution in [3.8, 4) is 0 Å². The highest BCUT2D eigenvalue weighted by Gasteiger charge is 2.53. The number of hydrogen-bond acceptors (Lipinski definition) is 4. The molecule has 1 aromatic rings. The van der Waals surface area contributed by atoms with E-state index in [1.807, 2.05) is 0 Å². The van der Waals surface area contributed by atoms with Crippen molar-refractivity contribution < 1.29 is 4.92 Å². The van der Waals surface area contributed by atoms with Crippen LogP contribution in [0.5, 0.6) is 0 Å². The minimum atomic E-state index is -0.429. The second-order valence-electron chi connectivity index (χ2n) is 4.55. The number of hydrogen-bond donors (Lipinski definition) is 2. The van der Waals surface area contributed by atoms with Crippen LogP contribution in [0.1, 0.15) is 0 Å². The lowest BCUT2D eigenvalue weighted by atomic mass is 10.2. The Labute approximate surface area is 103 Å². The Balaban J connectivity index is 1.83. The zero-order valence-corrected chi connectivity index (χ0v) is 9.78. The van der Waals surface area contributed by atoms with Gasteiger partial charge < -0.3 is 10.6 Å². The number of piperidine rings is 1. The molecule has 1 aromatic carbocycles. The average molecular weight is 254 g/mol. The summed E-state index contributed by atoms with van der Waals surface area (Å²) in [7, 11) is 0. The Morgan fingerprint density at radius 3 is 2.76 bits per heavy atom. The van der Waals surface area contributed by atoms with E-state index in [0.717, 1.165) is 13.1 Å². The van der Waals surface area contributed by atoms with Crippen molar-refractivity contribution in [3.63, 3.8) is 0 Å². The molecule has 0 bridgehead atoms. The van der Waals surface area contributed by atoms with Crippen molar-refractivity contribution >= 4 is 23.0 Å². The van der Waals surface area contributed by atoms with E-state index in [9.17, 15) is 10.1 Å². The van der Waals surface area contributed by atoms with E-state index < -0.39 is 4.92 Å².